The van der Waals surface area contributed by atoms with Gasteiger partial charge in [-0.05, 0) is 40.3 Å². The van der Waals surface area contributed by atoms with Crippen molar-refractivity contribution in [3.8, 4) is 0 Å². The van der Waals surface area contributed by atoms with Gasteiger partial charge < -0.3 is 5.32 Å². The average Bonchev–Trinajstić information content (AvgIpc) is 2.15. The van der Waals surface area contributed by atoms with E-state index in [9.17, 15) is 0 Å². The number of hydrogen-bond acceptors (Lipinski definition) is 3. The molecule has 0 aromatic carbocycles. The minimum atomic E-state index is 0.436. The quantitative estimate of drug-likeness (QED) is 0.796. The Morgan fingerprint density at radius 1 is 1.40 bits per heavy atom. The highest BCUT2D eigenvalue weighted by Crippen LogP contribution is 2.31. The Labute approximate surface area is 99.2 Å². The first kappa shape index (κ1) is 13.3. The summed E-state index contributed by atoms with van der Waals surface area (Å²) in [5.41, 5.74) is 0. The highest BCUT2D eigenvalue weighted by atomic mass is 32.2. The normalized spacial score (nSPS) is 26.2. The molecule has 1 aliphatic rings. The summed E-state index contributed by atoms with van der Waals surface area (Å²) in [5, 5.41) is 3.28. The second-order valence-corrected chi connectivity index (χ2v) is 7.16. The van der Waals surface area contributed by atoms with E-state index in [0.717, 1.165) is 12.5 Å². The maximum absolute atomic E-state index is 3.28. The van der Waals surface area contributed by atoms with Gasteiger partial charge in [0.15, 0.2) is 0 Å². The molecule has 0 aromatic heterocycles. The van der Waals surface area contributed by atoms with Gasteiger partial charge in [-0.1, -0.05) is 6.92 Å². The fraction of sp³-hybridized carbons (Fsp3) is 1.00. The van der Waals surface area contributed by atoms with Crippen LogP contribution < -0.4 is 5.32 Å². The third-order valence-corrected chi connectivity index (χ3v) is 4.68. The lowest BCUT2D eigenvalue weighted by molar-refractivity contribution is 0.153. The van der Waals surface area contributed by atoms with Crippen molar-refractivity contribution in [2.75, 3.05) is 32.4 Å². The van der Waals surface area contributed by atoms with Gasteiger partial charge >= 0.3 is 0 Å². The zero-order valence-electron chi connectivity index (χ0n) is 10.8. The fourth-order valence-electron chi connectivity index (χ4n) is 2.25. The van der Waals surface area contributed by atoms with Crippen LogP contribution in [0.3, 0.4) is 0 Å². The number of hydrogen-bond donors (Lipinski definition) is 1. The van der Waals surface area contributed by atoms with Gasteiger partial charge in [0, 0.05) is 29.6 Å². The summed E-state index contributed by atoms with van der Waals surface area (Å²) in [6.45, 7) is 13.0. The van der Waals surface area contributed by atoms with Crippen LogP contribution in [0.5, 0.6) is 0 Å². The van der Waals surface area contributed by atoms with E-state index in [1.165, 1.54) is 18.8 Å². The molecular formula is C12H26N2S. The van der Waals surface area contributed by atoms with Crippen LogP contribution in [0.25, 0.3) is 0 Å². The van der Waals surface area contributed by atoms with Gasteiger partial charge in [-0.25, -0.2) is 0 Å². The molecule has 0 aliphatic carbocycles. The van der Waals surface area contributed by atoms with Gasteiger partial charge in [0.2, 0.25) is 0 Å². The summed E-state index contributed by atoms with van der Waals surface area (Å²) in [6.07, 6.45) is 0. The average molecular weight is 230 g/mol. The Morgan fingerprint density at radius 3 is 2.60 bits per heavy atom. The molecule has 0 spiro atoms. The molecule has 3 heteroatoms. The second kappa shape index (κ2) is 5.55. The first-order chi connectivity index (χ1) is 6.96. The van der Waals surface area contributed by atoms with E-state index < -0.39 is 0 Å². The highest BCUT2D eigenvalue weighted by Gasteiger charge is 2.30. The first-order valence-electron chi connectivity index (χ1n) is 5.99. The molecule has 2 nitrogen and oxygen atoms in total. The van der Waals surface area contributed by atoms with Crippen LogP contribution in [0.4, 0.5) is 0 Å². The van der Waals surface area contributed by atoms with Gasteiger partial charge in [-0.15, -0.1) is 0 Å². The van der Waals surface area contributed by atoms with Gasteiger partial charge in [0.25, 0.3) is 0 Å². The Balaban J connectivity index is 2.48. The molecule has 90 valence electrons. The van der Waals surface area contributed by atoms with Gasteiger partial charge in [-0.2, -0.15) is 11.8 Å². The molecule has 0 amide bonds. The SMILES string of the molecule is CNCC(C)C(C)N1CCSC(C)(C)C1. The van der Waals surface area contributed by atoms with E-state index in [0.29, 0.717) is 10.8 Å². The van der Waals surface area contributed by atoms with Crippen molar-refractivity contribution >= 4 is 11.8 Å². The molecule has 1 saturated heterocycles. The zero-order valence-corrected chi connectivity index (χ0v) is 11.7. The summed E-state index contributed by atoms with van der Waals surface area (Å²) in [5.74, 6) is 2.01. The molecule has 0 aromatic rings. The minimum absolute atomic E-state index is 0.436. The van der Waals surface area contributed by atoms with Crippen LogP contribution in [-0.4, -0.2) is 48.1 Å². The molecule has 1 N–H and O–H groups in total. The van der Waals surface area contributed by atoms with Crippen LogP contribution in [-0.2, 0) is 0 Å². The van der Waals surface area contributed by atoms with Crippen molar-refractivity contribution in [1.82, 2.24) is 10.2 Å². The molecule has 1 aliphatic heterocycles. The van der Waals surface area contributed by atoms with E-state index in [-0.39, 0.29) is 0 Å². The Kier molecular flexibility index (Phi) is 4.94. The summed E-state index contributed by atoms with van der Waals surface area (Å²) in [6, 6.07) is 0.692. The van der Waals surface area contributed by atoms with Crippen molar-refractivity contribution in [1.29, 1.82) is 0 Å². The smallest absolute Gasteiger partial charge is 0.0231 e. The number of thioether (sulfide) groups is 1. The number of nitrogens with one attached hydrogen (secondary N) is 1. The zero-order chi connectivity index (χ0) is 11.5. The third kappa shape index (κ3) is 3.97. The molecular weight excluding hydrogens is 204 g/mol. The van der Waals surface area contributed by atoms with E-state index in [1.807, 2.05) is 7.05 Å². The summed E-state index contributed by atoms with van der Waals surface area (Å²) in [4.78, 5) is 2.65. The van der Waals surface area contributed by atoms with Gasteiger partial charge in [0.1, 0.15) is 0 Å². The lowest BCUT2D eigenvalue weighted by Crippen LogP contribution is -2.50. The molecule has 2 atom stereocenters. The van der Waals surface area contributed by atoms with Crippen molar-refractivity contribution in [2.24, 2.45) is 5.92 Å². The van der Waals surface area contributed by atoms with E-state index in [2.05, 4.69) is 49.7 Å². The predicted molar refractivity (Wildman–Crippen MR) is 70.7 cm³/mol. The third-order valence-electron chi connectivity index (χ3n) is 3.38. The van der Waals surface area contributed by atoms with Crippen molar-refractivity contribution in [2.45, 2.75) is 38.5 Å². The van der Waals surface area contributed by atoms with Crippen LogP contribution in [0, 0.1) is 5.92 Å². The van der Waals surface area contributed by atoms with Crippen LogP contribution in [0.15, 0.2) is 0 Å². The van der Waals surface area contributed by atoms with E-state index in [4.69, 9.17) is 0 Å². The minimum Gasteiger partial charge on any atom is -0.319 e. The maximum Gasteiger partial charge on any atom is 0.0231 e. The Morgan fingerprint density at radius 2 is 2.07 bits per heavy atom. The Hall–Kier alpha value is 0.270. The number of rotatable bonds is 4. The summed E-state index contributed by atoms with van der Waals surface area (Å²) in [7, 11) is 2.04. The molecule has 0 radical (unpaired) electrons. The Bertz CT molecular complexity index is 194. The van der Waals surface area contributed by atoms with Crippen LogP contribution in [0.2, 0.25) is 0 Å². The molecule has 0 saturated carbocycles. The van der Waals surface area contributed by atoms with Gasteiger partial charge in [-0.3, -0.25) is 4.90 Å². The van der Waals surface area contributed by atoms with E-state index >= 15 is 0 Å². The molecule has 1 fully saturated rings. The molecule has 1 rings (SSSR count). The summed E-state index contributed by atoms with van der Waals surface area (Å²) < 4.78 is 0.436. The first-order valence-corrected chi connectivity index (χ1v) is 6.97. The number of nitrogens with zero attached hydrogens (tertiary/aromatic N) is 1. The molecule has 1 heterocycles. The lowest BCUT2D eigenvalue weighted by Gasteiger charge is -2.42. The molecule has 0 bridgehead atoms. The van der Waals surface area contributed by atoms with E-state index in [1.54, 1.807) is 0 Å². The predicted octanol–water partition coefficient (Wildman–Crippen LogP) is 2.06. The lowest BCUT2D eigenvalue weighted by atomic mass is 10.0. The highest BCUT2D eigenvalue weighted by molar-refractivity contribution is 8.00. The van der Waals surface area contributed by atoms with Crippen molar-refractivity contribution in [3.63, 3.8) is 0 Å². The summed E-state index contributed by atoms with van der Waals surface area (Å²) >= 11 is 2.11. The monoisotopic (exact) mass is 230 g/mol. The largest absolute Gasteiger partial charge is 0.319 e. The van der Waals surface area contributed by atoms with Crippen LogP contribution >= 0.6 is 11.8 Å². The van der Waals surface area contributed by atoms with Crippen molar-refractivity contribution < 1.29 is 0 Å². The maximum atomic E-state index is 3.28. The van der Waals surface area contributed by atoms with Gasteiger partial charge in [0.05, 0.1) is 0 Å². The van der Waals surface area contributed by atoms with Crippen LogP contribution in [0.1, 0.15) is 27.7 Å². The standard InChI is InChI=1S/C12H26N2S/c1-10(8-13-5)11(2)14-6-7-15-12(3,4)9-14/h10-11,13H,6-9H2,1-5H3. The molecule has 15 heavy (non-hydrogen) atoms. The topological polar surface area (TPSA) is 15.3 Å². The fourth-order valence-corrected chi connectivity index (χ4v) is 3.39. The molecule has 2 unspecified atom stereocenters. The second-order valence-electron chi connectivity index (χ2n) is 5.35. The van der Waals surface area contributed by atoms with Crippen molar-refractivity contribution in [3.05, 3.63) is 0 Å².